The number of pyridine rings is 1. The SMILES string of the molecule is Fc1ccc(C(Cl)Cc2ccccn2)cc1Br. The van der Waals surface area contributed by atoms with E-state index in [2.05, 4.69) is 20.9 Å². The molecule has 1 nitrogen and oxygen atoms in total. The number of nitrogens with zero attached hydrogens (tertiary/aromatic N) is 1. The first-order valence-corrected chi connectivity index (χ1v) is 6.38. The predicted octanol–water partition coefficient (Wildman–Crippen LogP) is 4.51. The van der Waals surface area contributed by atoms with Crippen LogP contribution in [-0.2, 0) is 6.42 Å². The molecule has 0 aliphatic rings. The molecular formula is C13H10BrClFN. The lowest BCUT2D eigenvalue weighted by Crippen LogP contribution is -1.98. The zero-order valence-electron chi connectivity index (χ0n) is 8.91. The number of halogens is 3. The lowest BCUT2D eigenvalue weighted by molar-refractivity contribution is 0.620. The van der Waals surface area contributed by atoms with Crippen LogP contribution in [-0.4, -0.2) is 4.98 Å². The molecule has 4 heteroatoms. The van der Waals surface area contributed by atoms with Crippen LogP contribution in [0.4, 0.5) is 4.39 Å². The molecule has 0 bridgehead atoms. The molecule has 2 aromatic rings. The van der Waals surface area contributed by atoms with Crippen LogP contribution in [0.25, 0.3) is 0 Å². The van der Waals surface area contributed by atoms with Crippen LogP contribution in [0, 0.1) is 5.82 Å². The fourth-order valence-corrected chi connectivity index (χ4v) is 2.22. The third kappa shape index (κ3) is 3.27. The number of benzene rings is 1. The second-order valence-electron chi connectivity index (χ2n) is 3.67. The van der Waals surface area contributed by atoms with E-state index < -0.39 is 0 Å². The highest BCUT2D eigenvalue weighted by molar-refractivity contribution is 9.10. The molecule has 0 saturated carbocycles. The summed E-state index contributed by atoms with van der Waals surface area (Å²) < 4.78 is 13.5. The van der Waals surface area contributed by atoms with E-state index in [1.54, 1.807) is 18.3 Å². The summed E-state index contributed by atoms with van der Waals surface area (Å²) in [6, 6.07) is 10.5. The molecular weight excluding hydrogens is 305 g/mol. The molecule has 0 aliphatic heterocycles. The van der Waals surface area contributed by atoms with E-state index in [4.69, 9.17) is 11.6 Å². The quantitative estimate of drug-likeness (QED) is 0.760. The molecule has 88 valence electrons. The van der Waals surface area contributed by atoms with E-state index >= 15 is 0 Å². The van der Waals surface area contributed by atoms with Crippen molar-refractivity contribution in [2.24, 2.45) is 0 Å². The van der Waals surface area contributed by atoms with Crippen molar-refractivity contribution in [3.05, 3.63) is 64.1 Å². The third-order valence-electron chi connectivity index (χ3n) is 2.42. The largest absolute Gasteiger partial charge is 0.261 e. The smallest absolute Gasteiger partial charge is 0.137 e. The summed E-state index contributed by atoms with van der Waals surface area (Å²) in [4.78, 5) is 4.21. The summed E-state index contributed by atoms with van der Waals surface area (Å²) in [5, 5.41) is -0.207. The van der Waals surface area contributed by atoms with Gasteiger partial charge in [-0.3, -0.25) is 4.98 Å². The predicted molar refractivity (Wildman–Crippen MR) is 70.6 cm³/mol. The Labute approximate surface area is 113 Å². The Bertz CT molecular complexity index is 504. The van der Waals surface area contributed by atoms with Gasteiger partial charge in [0.1, 0.15) is 5.82 Å². The number of hydrogen-bond donors (Lipinski definition) is 0. The standard InChI is InChI=1S/C13H10BrClFN/c14-11-7-9(4-5-13(11)16)12(15)8-10-3-1-2-6-17-10/h1-7,12H,8H2. The lowest BCUT2D eigenvalue weighted by Gasteiger charge is -2.10. The average Bonchev–Trinajstić information content (AvgIpc) is 2.34. The first-order valence-electron chi connectivity index (χ1n) is 5.16. The Morgan fingerprint density at radius 3 is 2.76 bits per heavy atom. The van der Waals surface area contributed by atoms with Crippen molar-refractivity contribution in [3.8, 4) is 0 Å². The minimum absolute atomic E-state index is 0.207. The Morgan fingerprint density at radius 2 is 2.12 bits per heavy atom. The van der Waals surface area contributed by atoms with Gasteiger partial charge in [0.15, 0.2) is 0 Å². The maximum Gasteiger partial charge on any atom is 0.137 e. The van der Waals surface area contributed by atoms with Crippen molar-refractivity contribution >= 4 is 27.5 Å². The summed E-state index contributed by atoms with van der Waals surface area (Å²) >= 11 is 9.43. The highest BCUT2D eigenvalue weighted by atomic mass is 79.9. The van der Waals surface area contributed by atoms with E-state index in [1.807, 2.05) is 18.2 Å². The Kier molecular flexibility index (Phi) is 4.13. The van der Waals surface area contributed by atoms with E-state index in [-0.39, 0.29) is 11.2 Å². The van der Waals surface area contributed by atoms with Crippen LogP contribution in [0.15, 0.2) is 47.1 Å². The second kappa shape index (κ2) is 5.61. The van der Waals surface area contributed by atoms with Crippen molar-refractivity contribution in [1.29, 1.82) is 0 Å². The van der Waals surface area contributed by atoms with Crippen molar-refractivity contribution in [2.45, 2.75) is 11.8 Å². The zero-order chi connectivity index (χ0) is 12.3. The van der Waals surface area contributed by atoms with Gasteiger partial charge in [0.05, 0.1) is 9.85 Å². The molecule has 1 aromatic carbocycles. The van der Waals surface area contributed by atoms with Gasteiger partial charge in [-0.25, -0.2) is 4.39 Å². The normalized spacial score (nSPS) is 12.4. The van der Waals surface area contributed by atoms with Gasteiger partial charge in [0.25, 0.3) is 0 Å². The van der Waals surface area contributed by atoms with Gasteiger partial charge in [0.2, 0.25) is 0 Å². The number of aromatic nitrogens is 1. The van der Waals surface area contributed by atoms with E-state index in [9.17, 15) is 4.39 Å². The first-order chi connectivity index (χ1) is 8.16. The van der Waals surface area contributed by atoms with Gasteiger partial charge in [-0.1, -0.05) is 12.1 Å². The molecule has 1 unspecified atom stereocenters. The second-order valence-corrected chi connectivity index (χ2v) is 5.05. The summed E-state index contributed by atoms with van der Waals surface area (Å²) in [5.41, 5.74) is 1.80. The fraction of sp³-hybridized carbons (Fsp3) is 0.154. The van der Waals surface area contributed by atoms with Crippen molar-refractivity contribution < 1.29 is 4.39 Å². The van der Waals surface area contributed by atoms with Crippen LogP contribution in [0.5, 0.6) is 0 Å². The maximum absolute atomic E-state index is 13.1. The summed E-state index contributed by atoms with van der Waals surface area (Å²) in [5.74, 6) is -0.282. The molecule has 1 atom stereocenters. The number of alkyl halides is 1. The molecule has 0 fully saturated rings. The number of rotatable bonds is 3. The molecule has 1 heterocycles. The minimum Gasteiger partial charge on any atom is -0.261 e. The van der Waals surface area contributed by atoms with E-state index in [0.717, 1.165) is 11.3 Å². The highest BCUT2D eigenvalue weighted by Crippen LogP contribution is 2.27. The first kappa shape index (κ1) is 12.5. The fourth-order valence-electron chi connectivity index (χ4n) is 1.53. The lowest BCUT2D eigenvalue weighted by atomic mass is 10.1. The Balaban J connectivity index is 2.14. The van der Waals surface area contributed by atoms with Gasteiger partial charge in [-0.2, -0.15) is 0 Å². The Morgan fingerprint density at radius 1 is 1.29 bits per heavy atom. The summed E-state index contributed by atoms with van der Waals surface area (Å²) in [6.07, 6.45) is 2.36. The monoisotopic (exact) mass is 313 g/mol. The van der Waals surface area contributed by atoms with E-state index in [0.29, 0.717) is 10.9 Å². The molecule has 0 saturated heterocycles. The van der Waals surface area contributed by atoms with E-state index in [1.165, 1.54) is 6.07 Å². The molecule has 0 radical (unpaired) electrons. The van der Waals surface area contributed by atoms with Gasteiger partial charge in [0, 0.05) is 18.3 Å². The van der Waals surface area contributed by atoms with Crippen LogP contribution in [0.3, 0.4) is 0 Å². The molecule has 1 aromatic heterocycles. The molecule has 0 spiro atoms. The summed E-state index contributed by atoms with van der Waals surface area (Å²) in [6.45, 7) is 0. The van der Waals surface area contributed by atoms with Crippen LogP contribution < -0.4 is 0 Å². The highest BCUT2D eigenvalue weighted by Gasteiger charge is 2.11. The third-order valence-corrected chi connectivity index (χ3v) is 3.43. The van der Waals surface area contributed by atoms with Gasteiger partial charge < -0.3 is 0 Å². The zero-order valence-corrected chi connectivity index (χ0v) is 11.2. The number of hydrogen-bond acceptors (Lipinski definition) is 1. The molecule has 17 heavy (non-hydrogen) atoms. The maximum atomic E-state index is 13.1. The van der Waals surface area contributed by atoms with Crippen molar-refractivity contribution in [2.75, 3.05) is 0 Å². The molecule has 0 amide bonds. The molecule has 0 aliphatic carbocycles. The molecule has 2 rings (SSSR count). The topological polar surface area (TPSA) is 12.9 Å². The van der Waals surface area contributed by atoms with Gasteiger partial charge in [-0.15, -0.1) is 11.6 Å². The molecule has 0 N–H and O–H groups in total. The van der Waals surface area contributed by atoms with Gasteiger partial charge >= 0.3 is 0 Å². The Hall–Kier alpha value is -0.930. The van der Waals surface area contributed by atoms with Gasteiger partial charge in [-0.05, 0) is 45.8 Å². The van der Waals surface area contributed by atoms with Crippen molar-refractivity contribution in [3.63, 3.8) is 0 Å². The average molecular weight is 315 g/mol. The summed E-state index contributed by atoms with van der Waals surface area (Å²) in [7, 11) is 0. The van der Waals surface area contributed by atoms with Crippen LogP contribution >= 0.6 is 27.5 Å². The van der Waals surface area contributed by atoms with Crippen molar-refractivity contribution in [1.82, 2.24) is 4.98 Å². The van der Waals surface area contributed by atoms with Crippen LogP contribution in [0.1, 0.15) is 16.6 Å². The van der Waals surface area contributed by atoms with Crippen LogP contribution in [0.2, 0.25) is 0 Å². The minimum atomic E-state index is -0.282.